The molecule has 1 N–H and O–H groups in total. The molecule has 1 aliphatic rings. The van der Waals surface area contributed by atoms with Gasteiger partial charge in [0.25, 0.3) is 0 Å². The largest absolute Gasteiger partial charge is 0.459 e. The summed E-state index contributed by atoms with van der Waals surface area (Å²) in [5.74, 6) is -0.317. The molecule has 0 atom stereocenters. The van der Waals surface area contributed by atoms with Crippen molar-refractivity contribution in [2.24, 2.45) is 5.92 Å². The summed E-state index contributed by atoms with van der Waals surface area (Å²) in [6.45, 7) is 7.48. The van der Waals surface area contributed by atoms with E-state index in [0.717, 1.165) is 43.5 Å². The zero-order valence-corrected chi connectivity index (χ0v) is 14.3. The second kappa shape index (κ2) is 8.81. The van der Waals surface area contributed by atoms with Crippen molar-refractivity contribution in [3.63, 3.8) is 0 Å². The Morgan fingerprint density at radius 2 is 1.77 bits per heavy atom. The third-order valence-corrected chi connectivity index (χ3v) is 4.52. The van der Waals surface area contributed by atoms with Gasteiger partial charge >= 0.3 is 16.4 Å². The molecule has 1 rings (SSSR count). The number of ether oxygens (including phenoxy) is 1. The highest BCUT2D eigenvalue weighted by atomic mass is 32.3. The smallest absolute Gasteiger partial charge is 0.397 e. The van der Waals surface area contributed by atoms with Crippen molar-refractivity contribution in [1.82, 2.24) is 0 Å². The van der Waals surface area contributed by atoms with Crippen LogP contribution in [0.4, 0.5) is 0 Å². The van der Waals surface area contributed by atoms with Crippen LogP contribution >= 0.6 is 0 Å². The Kier molecular flexibility index (Phi) is 7.75. The van der Waals surface area contributed by atoms with Gasteiger partial charge in [0, 0.05) is 6.42 Å². The second-order valence-corrected chi connectivity index (χ2v) is 7.31. The summed E-state index contributed by atoms with van der Waals surface area (Å²) < 4.78 is 40.1. The molecule has 0 bridgehead atoms. The first-order chi connectivity index (χ1) is 10.2. The zero-order chi connectivity index (χ0) is 16.6. The van der Waals surface area contributed by atoms with Crippen LogP contribution in [0.2, 0.25) is 0 Å². The molecular weight excluding hydrogens is 310 g/mol. The van der Waals surface area contributed by atoms with Crippen molar-refractivity contribution in [2.75, 3.05) is 39.4 Å². The molecule has 0 saturated carbocycles. The SMILES string of the molecule is CC(C)C(=O)OCC[N+]1(CCCOS(=O)(=O)O)CCCCC1. The lowest BCUT2D eigenvalue weighted by Gasteiger charge is -2.41. The first-order valence-corrected chi connectivity index (χ1v) is 9.24. The molecule has 22 heavy (non-hydrogen) atoms. The Morgan fingerprint density at radius 1 is 1.14 bits per heavy atom. The van der Waals surface area contributed by atoms with Crippen LogP contribution in [0.15, 0.2) is 0 Å². The number of hydrogen-bond donors (Lipinski definition) is 1. The lowest BCUT2D eigenvalue weighted by Crippen LogP contribution is -2.54. The van der Waals surface area contributed by atoms with Crippen LogP contribution in [-0.2, 0) is 24.1 Å². The minimum Gasteiger partial charge on any atom is -0.459 e. The van der Waals surface area contributed by atoms with E-state index in [1.54, 1.807) is 13.8 Å². The van der Waals surface area contributed by atoms with Gasteiger partial charge in [-0.1, -0.05) is 13.8 Å². The van der Waals surface area contributed by atoms with Crippen LogP contribution in [0, 0.1) is 5.92 Å². The van der Waals surface area contributed by atoms with E-state index in [9.17, 15) is 13.2 Å². The first-order valence-electron chi connectivity index (χ1n) is 7.88. The van der Waals surface area contributed by atoms with Crippen molar-refractivity contribution in [3.8, 4) is 0 Å². The molecule has 0 amide bonds. The van der Waals surface area contributed by atoms with Crippen molar-refractivity contribution < 1.29 is 31.2 Å². The Morgan fingerprint density at radius 3 is 2.32 bits per heavy atom. The summed E-state index contributed by atoms with van der Waals surface area (Å²) in [5, 5.41) is 0. The number of likely N-dealkylation sites (tertiary alicyclic amines) is 1. The predicted molar refractivity (Wildman–Crippen MR) is 81.5 cm³/mol. The topological polar surface area (TPSA) is 89.9 Å². The lowest BCUT2D eigenvalue weighted by atomic mass is 10.1. The molecule has 1 aliphatic heterocycles. The van der Waals surface area contributed by atoms with E-state index in [2.05, 4.69) is 4.18 Å². The van der Waals surface area contributed by atoms with E-state index in [0.29, 0.717) is 13.0 Å². The number of carbonyl (C=O) groups excluding carboxylic acids is 1. The summed E-state index contributed by atoms with van der Waals surface area (Å²) in [4.78, 5) is 11.5. The van der Waals surface area contributed by atoms with E-state index in [1.807, 2.05) is 0 Å². The van der Waals surface area contributed by atoms with E-state index < -0.39 is 10.4 Å². The van der Waals surface area contributed by atoms with Crippen LogP contribution in [0.5, 0.6) is 0 Å². The molecule has 7 nitrogen and oxygen atoms in total. The van der Waals surface area contributed by atoms with Crippen molar-refractivity contribution in [2.45, 2.75) is 39.5 Å². The van der Waals surface area contributed by atoms with Crippen LogP contribution in [0.3, 0.4) is 0 Å². The first kappa shape index (κ1) is 19.3. The minimum atomic E-state index is -4.36. The molecule has 1 saturated heterocycles. The monoisotopic (exact) mass is 338 g/mol. The molecular formula is C14H28NO6S+. The number of rotatable bonds is 9. The summed E-state index contributed by atoms with van der Waals surface area (Å²) in [6.07, 6.45) is 3.99. The Labute approximate surface area is 133 Å². The van der Waals surface area contributed by atoms with Gasteiger partial charge in [-0.25, -0.2) is 4.18 Å². The third-order valence-electron chi connectivity index (χ3n) is 4.06. The number of nitrogens with zero attached hydrogens (tertiary/aromatic N) is 1. The molecule has 8 heteroatoms. The fraction of sp³-hybridized carbons (Fsp3) is 0.929. The molecule has 0 aromatic carbocycles. The molecule has 0 aromatic heterocycles. The predicted octanol–water partition coefficient (Wildman–Crippen LogP) is 1.40. The molecule has 0 spiro atoms. The molecule has 0 aliphatic carbocycles. The fourth-order valence-corrected chi connectivity index (χ4v) is 3.14. The number of piperidine rings is 1. The minimum absolute atomic E-state index is 0.0232. The molecule has 130 valence electrons. The maximum atomic E-state index is 11.5. The normalized spacial score (nSPS) is 18.4. The molecule has 1 fully saturated rings. The molecule has 0 unspecified atom stereocenters. The number of quaternary nitrogens is 1. The number of esters is 1. The van der Waals surface area contributed by atoms with Gasteiger partial charge in [0.1, 0.15) is 13.2 Å². The van der Waals surface area contributed by atoms with Gasteiger partial charge in [-0.2, -0.15) is 8.42 Å². The number of hydrogen-bond acceptors (Lipinski definition) is 5. The molecule has 0 aromatic rings. The van der Waals surface area contributed by atoms with E-state index in [-0.39, 0.29) is 18.5 Å². The van der Waals surface area contributed by atoms with E-state index in [4.69, 9.17) is 9.29 Å². The lowest BCUT2D eigenvalue weighted by molar-refractivity contribution is -0.932. The van der Waals surface area contributed by atoms with Gasteiger partial charge in [-0.3, -0.25) is 9.35 Å². The standard InChI is InChI=1S/C14H27NO6S/c1-13(2)14(16)20-12-10-15(7-4-3-5-8-15)9-6-11-21-22(17,18)19/h13H,3-12H2,1-2H3/p+1. The van der Waals surface area contributed by atoms with Crippen LogP contribution in [0.25, 0.3) is 0 Å². The van der Waals surface area contributed by atoms with Gasteiger partial charge in [0.05, 0.1) is 32.2 Å². The maximum absolute atomic E-state index is 11.5. The highest BCUT2D eigenvalue weighted by Gasteiger charge is 2.29. The fourth-order valence-electron chi connectivity index (χ4n) is 2.81. The summed E-state index contributed by atoms with van der Waals surface area (Å²) in [6, 6.07) is 0. The van der Waals surface area contributed by atoms with Crippen LogP contribution in [0.1, 0.15) is 39.5 Å². The second-order valence-electron chi connectivity index (χ2n) is 6.22. The van der Waals surface area contributed by atoms with Crippen LogP contribution < -0.4 is 0 Å². The average Bonchev–Trinajstić information content (AvgIpc) is 2.43. The van der Waals surface area contributed by atoms with Gasteiger partial charge < -0.3 is 9.22 Å². The van der Waals surface area contributed by atoms with Crippen molar-refractivity contribution in [1.29, 1.82) is 0 Å². The quantitative estimate of drug-likeness (QED) is 0.296. The summed E-state index contributed by atoms with van der Waals surface area (Å²) >= 11 is 0. The highest BCUT2D eigenvalue weighted by molar-refractivity contribution is 7.80. The van der Waals surface area contributed by atoms with Crippen LogP contribution in [-0.4, -0.2) is 62.8 Å². The van der Waals surface area contributed by atoms with Gasteiger partial charge in [-0.05, 0) is 19.3 Å². The molecule has 0 radical (unpaired) electrons. The van der Waals surface area contributed by atoms with Crippen molar-refractivity contribution >= 4 is 16.4 Å². The van der Waals surface area contributed by atoms with Crippen molar-refractivity contribution in [3.05, 3.63) is 0 Å². The highest BCUT2D eigenvalue weighted by Crippen LogP contribution is 2.19. The summed E-state index contributed by atoms with van der Waals surface area (Å²) in [7, 11) is -4.36. The Hall–Kier alpha value is -0.700. The number of carbonyl (C=O) groups is 1. The van der Waals surface area contributed by atoms with Gasteiger partial charge in [-0.15, -0.1) is 0 Å². The van der Waals surface area contributed by atoms with Gasteiger partial charge in [0.15, 0.2) is 0 Å². The molecule has 1 heterocycles. The van der Waals surface area contributed by atoms with Gasteiger partial charge in [0.2, 0.25) is 0 Å². The van der Waals surface area contributed by atoms with E-state index >= 15 is 0 Å². The average molecular weight is 338 g/mol. The maximum Gasteiger partial charge on any atom is 0.397 e. The Bertz CT molecular complexity index is 442. The zero-order valence-electron chi connectivity index (χ0n) is 13.5. The summed E-state index contributed by atoms with van der Waals surface area (Å²) in [5.41, 5.74) is 0. The third kappa shape index (κ3) is 7.53. The Balaban J connectivity index is 2.42. The van der Waals surface area contributed by atoms with E-state index in [1.165, 1.54) is 6.42 Å².